The third kappa shape index (κ3) is 2.92. The van der Waals surface area contributed by atoms with Gasteiger partial charge >= 0.3 is 0 Å². The van der Waals surface area contributed by atoms with Crippen LogP contribution in [-0.2, 0) is 6.42 Å². The highest BCUT2D eigenvalue weighted by Crippen LogP contribution is 2.64. The van der Waals surface area contributed by atoms with E-state index in [0.717, 1.165) is 37.9 Å². The second kappa shape index (κ2) is 6.71. The van der Waals surface area contributed by atoms with Crippen LogP contribution in [0.15, 0.2) is 29.8 Å². The lowest BCUT2D eigenvalue weighted by Crippen LogP contribution is -2.50. The molecule has 2 nitrogen and oxygen atoms in total. The molecule has 3 aliphatic rings. The Morgan fingerprint density at radius 2 is 2.11 bits per heavy atom. The molecule has 0 aliphatic heterocycles. The molecule has 0 radical (unpaired) electrons. The number of hydrogen-bond donors (Lipinski definition) is 1. The summed E-state index contributed by atoms with van der Waals surface area (Å²) < 4.78 is 5.91. The predicted molar refractivity (Wildman–Crippen MR) is 110 cm³/mol. The number of ether oxygens (including phenoxy) is 1. The minimum absolute atomic E-state index is 0.117. The summed E-state index contributed by atoms with van der Waals surface area (Å²) >= 11 is 0. The molecule has 2 saturated carbocycles. The quantitative estimate of drug-likeness (QED) is 0.586. The van der Waals surface area contributed by atoms with Crippen molar-refractivity contribution >= 4 is 0 Å². The Bertz CT molecular complexity index is 797. The summed E-state index contributed by atoms with van der Waals surface area (Å²) in [6.45, 7) is 7.07. The summed E-state index contributed by atoms with van der Waals surface area (Å²) in [5, 5.41) is 11.0. The average molecular weight is 365 g/mol. The number of allylic oxidation sites excluding steroid dienone is 1. The van der Waals surface area contributed by atoms with Gasteiger partial charge in [0.1, 0.15) is 18.0 Å². The van der Waals surface area contributed by atoms with Crippen LogP contribution in [0.4, 0.5) is 0 Å². The molecule has 144 valence electrons. The van der Waals surface area contributed by atoms with Crippen molar-refractivity contribution in [3.05, 3.63) is 41.0 Å². The molecule has 2 heteroatoms. The fraction of sp³-hybridized carbons (Fsp3) is 0.600. The number of aryl methyl sites for hydroxylation is 1. The van der Waals surface area contributed by atoms with Gasteiger partial charge in [-0.05, 0) is 99.5 Å². The highest BCUT2D eigenvalue weighted by atomic mass is 16.5. The Balaban J connectivity index is 1.56. The van der Waals surface area contributed by atoms with E-state index < -0.39 is 5.60 Å². The summed E-state index contributed by atoms with van der Waals surface area (Å²) in [6, 6.07) is 6.69. The van der Waals surface area contributed by atoms with Gasteiger partial charge in [-0.25, -0.2) is 0 Å². The van der Waals surface area contributed by atoms with Gasteiger partial charge in [0.05, 0.1) is 0 Å². The van der Waals surface area contributed by atoms with Gasteiger partial charge in [-0.1, -0.05) is 24.5 Å². The van der Waals surface area contributed by atoms with Crippen LogP contribution in [-0.4, -0.2) is 17.3 Å². The summed E-state index contributed by atoms with van der Waals surface area (Å²) in [4.78, 5) is 0. The van der Waals surface area contributed by atoms with E-state index in [1.165, 1.54) is 23.1 Å². The minimum atomic E-state index is -0.911. The third-order valence-electron chi connectivity index (χ3n) is 7.83. The monoisotopic (exact) mass is 364 g/mol. The number of fused-ring (bicyclic) bond motifs is 5. The molecule has 0 amide bonds. The molecule has 1 N–H and O–H groups in total. The van der Waals surface area contributed by atoms with Gasteiger partial charge in [0.15, 0.2) is 0 Å². The molecule has 1 aromatic rings. The standard InChI is InChI=1S/C25H32O2/c1-5-25(26)14-11-23-22-8-6-18-16-19(27-15-12-17(2)3)7-9-20(18)21(22)10-13-24(23,25)4/h1,7,9,12,16,21-23,26H,6,8,10-11,13-15H2,2-4H3. The first-order chi connectivity index (χ1) is 12.9. The highest BCUT2D eigenvalue weighted by Gasteiger charge is 2.61. The molecule has 3 aliphatic carbocycles. The molecule has 27 heavy (non-hydrogen) atoms. The topological polar surface area (TPSA) is 29.5 Å². The molecule has 0 saturated heterocycles. The third-order valence-corrected chi connectivity index (χ3v) is 7.83. The lowest BCUT2D eigenvalue weighted by molar-refractivity contribution is -0.0646. The normalized spacial score (nSPS) is 36.8. The van der Waals surface area contributed by atoms with Gasteiger partial charge in [0, 0.05) is 5.41 Å². The minimum Gasteiger partial charge on any atom is -0.490 e. The van der Waals surface area contributed by atoms with Crippen molar-refractivity contribution < 1.29 is 9.84 Å². The zero-order valence-corrected chi connectivity index (χ0v) is 16.9. The molecule has 1 aromatic carbocycles. The molecule has 4 rings (SSSR count). The van der Waals surface area contributed by atoms with Gasteiger partial charge < -0.3 is 9.84 Å². The highest BCUT2D eigenvalue weighted by molar-refractivity contribution is 5.41. The van der Waals surface area contributed by atoms with Gasteiger partial charge in [-0.3, -0.25) is 0 Å². The fourth-order valence-electron chi connectivity index (χ4n) is 6.21. The Morgan fingerprint density at radius 3 is 2.85 bits per heavy atom. The van der Waals surface area contributed by atoms with E-state index in [1.54, 1.807) is 0 Å². The molecule has 5 atom stereocenters. The molecule has 2 fully saturated rings. The van der Waals surface area contributed by atoms with Crippen LogP contribution in [0.5, 0.6) is 5.75 Å². The zero-order valence-electron chi connectivity index (χ0n) is 16.9. The maximum atomic E-state index is 11.0. The maximum absolute atomic E-state index is 11.0. The second-order valence-electron chi connectivity index (χ2n) is 9.37. The molecule has 0 spiro atoms. The van der Waals surface area contributed by atoms with Gasteiger partial charge in [0.25, 0.3) is 0 Å². The largest absolute Gasteiger partial charge is 0.490 e. The van der Waals surface area contributed by atoms with Crippen LogP contribution in [0, 0.1) is 29.6 Å². The fourth-order valence-corrected chi connectivity index (χ4v) is 6.21. The number of benzene rings is 1. The summed E-state index contributed by atoms with van der Waals surface area (Å²) in [5.74, 6) is 5.54. The number of rotatable bonds is 3. The predicted octanol–water partition coefficient (Wildman–Crippen LogP) is 5.25. The SMILES string of the molecule is C#CC1(O)CCC2C3CCc4cc(OCC=C(C)C)ccc4C3CCC21C. The van der Waals surface area contributed by atoms with Crippen molar-refractivity contribution in [1.29, 1.82) is 0 Å². The van der Waals surface area contributed by atoms with Crippen LogP contribution in [0.3, 0.4) is 0 Å². The Hall–Kier alpha value is -1.72. The van der Waals surface area contributed by atoms with E-state index in [2.05, 4.69) is 51.0 Å². The van der Waals surface area contributed by atoms with E-state index in [9.17, 15) is 5.11 Å². The zero-order chi connectivity index (χ0) is 19.2. The molecule has 0 heterocycles. The molecular weight excluding hydrogens is 332 g/mol. The summed E-state index contributed by atoms with van der Waals surface area (Å²) in [5.41, 5.74) is 3.22. The van der Waals surface area contributed by atoms with Crippen molar-refractivity contribution in [2.45, 2.75) is 70.8 Å². The maximum Gasteiger partial charge on any atom is 0.130 e. The Kier molecular flexibility index (Phi) is 4.63. The number of hydrogen-bond acceptors (Lipinski definition) is 2. The molecular formula is C25H32O2. The Labute approximate surface area is 164 Å². The number of aliphatic hydroxyl groups is 1. The van der Waals surface area contributed by atoms with E-state index >= 15 is 0 Å². The van der Waals surface area contributed by atoms with Crippen molar-refractivity contribution in [2.24, 2.45) is 17.3 Å². The first kappa shape index (κ1) is 18.6. The van der Waals surface area contributed by atoms with Crippen LogP contribution in [0.25, 0.3) is 0 Å². The van der Waals surface area contributed by atoms with Crippen LogP contribution >= 0.6 is 0 Å². The van der Waals surface area contributed by atoms with Crippen molar-refractivity contribution in [2.75, 3.05) is 6.61 Å². The Morgan fingerprint density at radius 1 is 1.30 bits per heavy atom. The second-order valence-corrected chi connectivity index (χ2v) is 9.37. The van der Waals surface area contributed by atoms with Crippen molar-refractivity contribution in [1.82, 2.24) is 0 Å². The van der Waals surface area contributed by atoms with Crippen molar-refractivity contribution in [3.8, 4) is 18.1 Å². The average Bonchev–Trinajstić information content (AvgIpc) is 2.93. The molecule has 5 unspecified atom stereocenters. The van der Waals surface area contributed by atoms with Gasteiger partial charge in [0.2, 0.25) is 0 Å². The van der Waals surface area contributed by atoms with E-state index in [1.807, 2.05) is 0 Å². The van der Waals surface area contributed by atoms with Crippen LogP contribution < -0.4 is 4.74 Å². The summed E-state index contributed by atoms with van der Waals surface area (Å²) in [6.07, 6.45) is 14.2. The van der Waals surface area contributed by atoms with Gasteiger partial charge in [-0.2, -0.15) is 0 Å². The first-order valence-corrected chi connectivity index (χ1v) is 10.5. The van der Waals surface area contributed by atoms with E-state index in [0.29, 0.717) is 24.4 Å². The molecule has 0 aromatic heterocycles. The first-order valence-electron chi connectivity index (χ1n) is 10.5. The molecule has 0 bridgehead atoms. The summed E-state index contributed by atoms with van der Waals surface area (Å²) in [7, 11) is 0. The van der Waals surface area contributed by atoms with Crippen molar-refractivity contribution in [3.63, 3.8) is 0 Å². The lowest BCUT2D eigenvalue weighted by Gasteiger charge is -2.52. The van der Waals surface area contributed by atoms with Crippen LogP contribution in [0.2, 0.25) is 0 Å². The van der Waals surface area contributed by atoms with E-state index in [4.69, 9.17) is 11.2 Å². The van der Waals surface area contributed by atoms with Crippen LogP contribution in [0.1, 0.15) is 69.9 Å². The smallest absolute Gasteiger partial charge is 0.130 e. The number of terminal acetylenes is 1. The van der Waals surface area contributed by atoms with E-state index in [-0.39, 0.29) is 5.41 Å². The lowest BCUT2D eigenvalue weighted by atomic mass is 9.53. The van der Waals surface area contributed by atoms with Gasteiger partial charge in [-0.15, -0.1) is 6.42 Å².